The van der Waals surface area contributed by atoms with E-state index >= 15 is 0 Å². The van der Waals surface area contributed by atoms with Gasteiger partial charge in [0, 0.05) is 10.9 Å². The Bertz CT molecular complexity index is 336. The van der Waals surface area contributed by atoms with Crippen LogP contribution in [0.15, 0.2) is 35.2 Å². The van der Waals surface area contributed by atoms with Gasteiger partial charge < -0.3 is 5.32 Å². The van der Waals surface area contributed by atoms with Crippen LogP contribution in [-0.2, 0) is 0 Å². The molecule has 1 aliphatic carbocycles. The summed E-state index contributed by atoms with van der Waals surface area (Å²) >= 11 is 2.00. The Kier molecular flexibility index (Phi) is 5.58. The van der Waals surface area contributed by atoms with Crippen molar-refractivity contribution in [2.24, 2.45) is 11.8 Å². The lowest BCUT2D eigenvalue weighted by molar-refractivity contribution is 0.164. The van der Waals surface area contributed by atoms with E-state index in [1.807, 2.05) is 11.8 Å². The molecular weight excluding hydrogens is 238 g/mol. The molecule has 0 saturated heterocycles. The molecule has 100 valence electrons. The molecule has 18 heavy (non-hydrogen) atoms. The molecule has 1 N–H and O–H groups in total. The van der Waals surface area contributed by atoms with E-state index in [1.165, 1.54) is 36.5 Å². The second-order valence-corrected chi connectivity index (χ2v) is 6.78. The lowest BCUT2D eigenvalue weighted by Gasteiger charge is -2.37. The number of nitrogens with one attached hydrogen (secondary N) is 1. The van der Waals surface area contributed by atoms with Gasteiger partial charge in [0.25, 0.3) is 0 Å². The summed E-state index contributed by atoms with van der Waals surface area (Å²) < 4.78 is 0. The first kappa shape index (κ1) is 14.0. The summed E-state index contributed by atoms with van der Waals surface area (Å²) in [6.07, 6.45) is 4.25. The van der Waals surface area contributed by atoms with Gasteiger partial charge in [0.1, 0.15) is 0 Å². The van der Waals surface area contributed by atoms with Crippen molar-refractivity contribution in [1.29, 1.82) is 0 Å². The molecule has 0 amide bonds. The molecule has 2 rings (SSSR count). The summed E-state index contributed by atoms with van der Waals surface area (Å²) in [7, 11) is 0. The highest BCUT2D eigenvalue weighted by molar-refractivity contribution is 7.99. The molecule has 0 heterocycles. The van der Waals surface area contributed by atoms with Gasteiger partial charge in [-0.2, -0.15) is 0 Å². The zero-order valence-electron chi connectivity index (χ0n) is 11.6. The molecule has 2 unspecified atom stereocenters. The van der Waals surface area contributed by atoms with Gasteiger partial charge in [0.2, 0.25) is 0 Å². The minimum Gasteiger partial charge on any atom is -0.314 e. The van der Waals surface area contributed by atoms with Crippen LogP contribution < -0.4 is 5.32 Å². The molecule has 1 fully saturated rings. The zero-order valence-corrected chi connectivity index (χ0v) is 12.4. The third kappa shape index (κ3) is 4.33. The van der Waals surface area contributed by atoms with Crippen molar-refractivity contribution < 1.29 is 0 Å². The molecule has 2 heteroatoms. The Labute approximate surface area is 116 Å². The molecule has 1 aromatic rings. The van der Waals surface area contributed by atoms with Gasteiger partial charge in [-0.1, -0.05) is 32.0 Å². The zero-order chi connectivity index (χ0) is 12.8. The van der Waals surface area contributed by atoms with Crippen LogP contribution >= 0.6 is 11.8 Å². The van der Waals surface area contributed by atoms with E-state index in [2.05, 4.69) is 49.5 Å². The summed E-state index contributed by atoms with van der Waals surface area (Å²) in [5.41, 5.74) is 0. The van der Waals surface area contributed by atoms with Crippen molar-refractivity contribution >= 4 is 11.8 Å². The molecular formula is C16H25NS. The summed E-state index contributed by atoms with van der Waals surface area (Å²) in [4.78, 5) is 1.41. The van der Waals surface area contributed by atoms with Gasteiger partial charge in [0.15, 0.2) is 0 Å². The Morgan fingerprint density at radius 1 is 1.17 bits per heavy atom. The van der Waals surface area contributed by atoms with E-state index in [0.29, 0.717) is 6.04 Å². The van der Waals surface area contributed by atoms with E-state index in [1.54, 1.807) is 0 Å². The molecule has 0 bridgehead atoms. The van der Waals surface area contributed by atoms with Gasteiger partial charge in [-0.25, -0.2) is 0 Å². The molecule has 1 saturated carbocycles. The van der Waals surface area contributed by atoms with E-state index in [-0.39, 0.29) is 0 Å². The number of hydrogen-bond acceptors (Lipinski definition) is 2. The van der Waals surface area contributed by atoms with E-state index in [9.17, 15) is 0 Å². The van der Waals surface area contributed by atoms with Gasteiger partial charge in [-0.05, 0) is 55.5 Å². The fourth-order valence-corrected chi connectivity index (χ4v) is 3.52. The van der Waals surface area contributed by atoms with Crippen LogP contribution in [0.3, 0.4) is 0 Å². The maximum absolute atomic E-state index is 3.58. The van der Waals surface area contributed by atoms with Crippen LogP contribution in [0.1, 0.15) is 33.1 Å². The van der Waals surface area contributed by atoms with Crippen molar-refractivity contribution in [1.82, 2.24) is 5.32 Å². The van der Waals surface area contributed by atoms with E-state index in [0.717, 1.165) is 11.8 Å². The van der Waals surface area contributed by atoms with Crippen molar-refractivity contribution in [2.75, 3.05) is 12.3 Å². The minimum absolute atomic E-state index is 0.630. The average Bonchev–Trinajstić information content (AvgIpc) is 2.34. The first-order chi connectivity index (χ1) is 8.75. The second kappa shape index (κ2) is 7.20. The minimum atomic E-state index is 0.630. The summed E-state index contributed by atoms with van der Waals surface area (Å²) in [5.74, 6) is 3.17. The Hall–Kier alpha value is -0.470. The molecule has 1 nitrogen and oxygen atoms in total. The first-order valence-corrected chi connectivity index (χ1v) is 8.15. The average molecular weight is 263 g/mol. The van der Waals surface area contributed by atoms with Gasteiger partial charge in [0.05, 0.1) is 0 Å². The van der Waals surface area contributed by atoms with Gasteiger partial charge >= 0.3 is 0 Å². The largest absolute Gasteiger partial charge is 0.314 e. The van der Waals surface area contributed by atoms with Crippen LogP contribution in [0.25, 0.3) is 0 Å². The predicted octanol–water partition coefficient (Wildman–Crippen LogP) is 4.19. The second-order valence-electron chi connectivity index (χ2n) is 5.61. The maximum atomic E-state index is 3.58. The molecule has 0 spiro atoms. The third-order valence-electron chi connectivity index (χ3n) is 3.86. The van der Waals surface area contributed by atoms with E-state index < -0.39 is 0 Å². The highest BCUT2D eigenvalue weighted by Crippen LogP contribution is 2.37. The molecule has 0 aliphatic heterocycles. The number of benzene rings is 1. The third-order valence-corrected chi connectivity index (χ3v) is 4.91. The van der Waals surface area contributed by atoms with Gasteiger partial charge in [-0.15, -0.1) is 11.8 Å². The highest BCUT2D eigenvalue weighted by atomic mass is 32.2. The number of rotatable bonds is 7. The smallest absolute Gasteiger partial charge is 0.00719 e. The van der Waals surface area contributed by atoms with Crippen molar-refractivity contribution in [3.63, 3.8) is 0 Å². The highest BCUT2D eigenvalue weighted by Gasteiger charge is 2.29. The first-order valence-electron chi connectivity index (χ1n) is 7.17. The molecule has 2 atom stereocenters. The molecule has 0 aromatic heterocycles. The van der Waals surface area contributed by atoms with Crippen LogP contribution in [0.5, 0.6) is 0 Å². The Balaban J connectivity index is 1.62. The Morgan fingerprint density at radius 3 is 2.50 bits per heavy atom. The lowest BCUT2D eigenvalue weighted by Crippen LogP contribution is -2.38. The lowest BCUT2D eigenvalue weighted by atomic mass is 9.72. The molecule has 1 aromatic carbocycles. The number of hydrogen-bond donors (Lipinski definition) is 1. The summed E-state index contributed by atoms with van der Waals surface area (Å²) in [6, 6.07) is 11.4. The van der Waals surface area contributed by atoms with Crippen molar-refractivity contribution in [3.05, 3.63) is 30.3 Å². The maximum Gasteiger partial charge on any atom is 0.00719 e. The summed E-state index contributed by atoms with van der Waals surface area (Å²) in [5, 5.41) is 3.58. The topological polar surface area (TPSA) is 12.0 Å². The number of thioether (sulfide) groups is 1. The molecule has 0 radical (unpaired) electrons. The quantitative estimate of drug-likeness (QED) is 0.740. The van der Waals surface area contributed by atoms with Crippen molar-refractivity contribution in [3.8, 4) is 0 Å². The standard InChI is InChI=1S/C16H25NS/c1-13(2)17-12-15-9-8-14(15)10-11-18-16-6-4-3-5-7-16/h3-7,13-15,17H,8-12H2,1-2H3. The SMILES string of the molecule is CC(C)NCC1CCC1CCSc1ccccc1. The van der Waals surface area contributed by atoms with Crippen LogP contribution in [0.2, 0.25) is 0 Å². The normalized spacial score (nSPS) is 23.1. The predicted molar refractivity (Wildman–Crippen MR) is 81.1 cm³/mol. The van der Waals surface area contributed by atoms with E-state index in [4.69, 9.17) is 0 Å². The fraction of sp³-hybridized carbons (Fsp3) is 0.625. The van der Waals surface area contributed by atoms with Gasteiger partial charge in [-0.3, -0.25) is 0 Å². The van der Waals surface area contributed by atoms with Crippen LogP contribution in [-0.4, -0.2) is 18.3 Å². The summed E-state index contributed by atoms with van der Waals surface area (Å²) in [6.45, 7) is 5.69. The fourth-order valence-electron chi connectivity index (χ4n) is 2.52. The van der Waals surface area contributed by atoms with Crippen LogP contribution in [0, 0.1) is 11.8 Å². The monoisotopic (exact) mass is 263 g/mol. The molecule has 1 aliphatic rings. The van der Waals surface area contributed by atoms with Crippen molar-refractivity contribution in [2.45, 2.75) is 44.0 Å². The van der Waals surface area contributed by atoms with Crippen LogP contribution in [0.4, 0.5) is 0 Å². The Morgan fingerprint density at radius 2 is 1.89 bits per heavy atom.